The van der Waals surface area contributed by atoms with Crippen LogP contribution in [0.5, 0.6) is 0 Å². The smallest absolute Gasteiger partial charge is 0.123 e. The molecule has 5 aromatic rings. The van der Waals surface area contributed by atoms with Gasteiger partial charge in [-0.05, 0) is 78.2 Å². The lowest BCUT2D eigenvalue weighted by molar-refractivity contribution is 0.244. The lowest BCUT2D eigenvalue weighted by Gasteiger charge is -2.24. The first-order valence-corrected chi connectivity index (χ1v) is 13.4. The van der Waals surface area contributed by atoms with Crippen LogP contribution in [0.3, 0.4) is 0 Å². The van der Waals surface area contributed by atoms with Gasteiger partial charge in [-0.2, -0.15) is 0 Å². The minimum atomic E-state index is -0.201. The van der Waals surface area contributed by atoms with Gasteiger partial charge in [0.1, 0.15) is 5.82 Å². The van der Waals surface area contributed by atoms with Crippen molar-refractivity contribution in [3.63, 3.8) is 0 Å². The molecule has 5 heteroatoms. The summed E-state index contributed by atoms with van der Waals surface area (Å²) in [6, 6.07) is 31.2. The molecule has 0 saturated carbocycles. The number of fused-ring (bicyclic) bond motifs is 8. The maximum atomic E-state index is 14.2. The highest BCUT2D eigenvalue weighted by Gasteiger charge is 2.16. The average Bonchev–Trinajstić information content (AvgIpc) is 3.28. The van der Waals surface area contributed by atoms with E-state index in [2.05, 4.69) is 93.1 Å². The molecule has 0 saturated heterocycles. The Hall–Kier alpha value is -3.80. The van der Waals surface area contributed by atoms with Gasteiger partial charge in [-0.25, -0.2) is 4.39 Å². The Morgan fingerprint density at radius 2 is 1.61 bits per heavy atom. The number of halogens is 1. The Labute approximate surface area is 224 Å². The Morgan fingerprint density at radius 1 is 0.763 bits per heavy atom. The maximum Gasteiger partial charge on any atom is 0.123 e. The highest BCUT2D eigenvalue weighted by molar-refractivity contribution is 5.87. The molecule has 4 nitrogen and oxygen atoms in total. The number of benzene rings is 3. The second-order valence-electron chi connectivity index (χ2n) is 10.4. The van der Waals surface area contributed by atoms with Crippen LogP contribution in [0, 0.1) is 5.82 Å². The Balaban J connectivity index is 1.43. The van der Waals surface area contributed by atoms with E-state index >= 15 is 0 Å². The molecule has 0 unspecified atom stereocenters. The molecule has 0 aliphatic carbocycles. The van der Waals surface area contributed by atoms with Gasteiger partial charge in [0.05, 0.1) is 5.69 Å². The molecule has 3 aromatic carbocycles. The van der Waals surface area contributed by atoms with Crippen LogP contribution >= 0.6 is 0 Å². The van der Waals surface area contributed by atoms with Crippen molar-refractivity contribution in [2.45, 2.75) is 32.6 Å². The summed E-state index contributed by atoms with van der Waals surface area (Å²) in [6.07, 6.45) is 2.85. The van der Waals surface area contributed by atoms with E-state index in [4.69, 9.17) is 0 Å². The second-order valence-corrected chi connectivity index (χ2v) is 10.4. The molecular weight excluding hydrogens is 471 g/mol. The van der Waals surface area contributed by atoms with E-state index < -0.39 is 0 Å². The first kappa shape index (κ1) is 24.5. The van der Waals surface area contributed by atoms with Crippen LogP contribution in [0.15, 0.2) is 97.2 Å². The fourth-order valence-electron chi connectivity index (χ4n) is 5.58. The zero-order chi connectivity index (χ0) is 25.9. The molecule has 0 atom stereocenters. The molecule has 1 aliphatic heterocycles. The largest absolute Gasteiger partial charge is 0.339 e. The van der Waals surface area contributed by atoms with E-state index in [-0.39, 0.29) is 5.82 Å². The van der Waals surface area contributed by atoms with E-state index in [1.165, 1.54) is 22.3 Å². The van der Waals surface area contributed by atoms with Gasteiger partial charge in [0.25, 0.3) is 0 Å². The Kier molecular flexibility index (Phi) is 7.04. The van der Waals surface area contributed by atoms with Crippen molar-refractivity contribution in [3.8, 4) is 11.3 Å². The van der Waals surface area contributed by atoms with Crippen LogP contribution in [0.4, 0.5) is 4.39 Å². The lowest BCUT2D eigenvalue weighted by atomic mass is 10.0. The third kappa shape index (κ3) is 5.54. The molecule has 0 fully saturated rings. The molecule has 1 aliphatic rings. The number of rotatable bonds is 2. The quantitative estimate of drug-likeness (QED) is 0.273. The van der Waals surface area contributed by atoms with Gasteiger partial charge in [-0.15, -0.1) is 0 Å². The molecular formula is C33H33FN4. The van der Waals surface area contributed by atoms with Crippen molar-refractivity contribution in [2.24, 2.45) is 0 Å². The normalized spacial score (nSPS) is 15.4. The van der Waals surface area contributed by atoms with Crippen LogP contribution in [0.2, 0.25) is 0 Å². The lowest BCUT2D eigenvalue weighted by Crippen LogP contribution is -2.27. The van der Waals surface area contributed by atoms with Crippen LogP contribution < -0.4 is 0 Å². The van der Waals surface area contributed by atoms with E-state index in [0.717, 1.165) is 68.0 Å². The predicted octanol–water partition coefficient (Wildman–Crippen LogP) is 6.53. The van der Waals surface area contributed by atoms with Crippen molar-refractivity contribution >= 4 is 10.9 Å². The molecule has 6 rings (SSSR count). The van der Waals surface area contributed by atoms with Crippen molar-refractivity contribution in [2.75, 3.05) is 20.1 Å². The number of hydrogen-bond donors (Lipinski definition) is 0. The molecule has 38 heavy (non-hydrogen) atoms. The predicted molar refractivity (Wildman–Crippen MR) is 152 cm³/mol. The first-order chi connectivity index (χ1) is 18.6. The molecule has 4 bridgehead atoms. The summed E-state index contributed by atoms with van der Waals surface area (Å²) in [5, 5.41) is 0.937. The van der Waals surface area contributed by atoms with E-state index in [1.807, 2.05) is 18.3 Å². The van der Waals surface area contributed by atoms with Crippen molar-refractivity contribution in [1.82, 2.24) is 19.4 Å². The van der Waals surface area contributed by atoms with Gasteiger partial charge in [-0.3, -0.25) is 9.88 Å². The summed E-state index contributed by atoms with van der Waals surface area (Å²) >= 11 is 0. The number of pyridine rings is 1. The van der Waals surface area contributed by atoms with E-state index in [1.54, 1.807) is 12.1 Å². The zero-order valence-corrected chi connectivity index (χ0v) is 21.9. The van der Waals surface area contributed by atoms with Crippen LogP contribution in [0.25, 0.3) is 22.2 Å². The van der Waals surface area contributed by atoms with Crippen molar-refractivity contribution in [3.05, 3.63) is 125 Å². The van der Waals surface area contributed by atoms with Gasteiger partial charge in [0.15, 0.2) is 0 Å². The third-order valence-electron chi connectivity index (χ3n) is 7.47. The fraction of sp³-hybridized carbons (Fsp3) is 0.242. The summed E-state index contributed by atoms with van der Waals surface area (Å²) < 4.78 is 16.5. The summed E-state index contributed by atoms with van der Waals surface area (Å²) in [5.41, 5.74) is 8.39. The van der Waals surface area contributed by atoms with E-state index in [0.29, 0.717) is 0 Å². The maximum absolute atomic E-state index is 14.2. The summed E-state index contributed by atoms with van der Waals surface area (Å²) in [5.74, 6) is -0.201. The minimum Gasteiger partial charge on any atom is -0.339 e. The Bertz CT molecular complexity index is 1540. The first-order valence-electron chi connectivity index (χ1n) is 13.4. The Morgan fingerprint density at radius 3 is 2.47 bits per heavy atom. The molecule has 3 heterocycles. The second kappa shape index (κ2) is 10.9. The van der Waals surface area contributed by atoms with Crippen molar-refractivity contribution < 1.29 is 4.39 Å². The number of aromatic nitrogens is 2. The molecule has 0 radical (unpaired) electrons. The summed E-state index contributed by atoms with van der Waals surface area (Å²) in [4.78, 5) is 9.46. The minimum absolute atomic E-state index is 0.201. The average molecular weight is 505 g/mol. The third-order valence-corrected chi connectivity index (χ3v) is 7.47. The molecule has 0 amide bonds. The van der Waals surface area contributed by atoms with Gasteiger partial charge < -0.3 is 9.47 Å². The SMILES string of the molecule is CN1CCc2cccc(c2)-c2cc3cc(F)ccc3n2CCN(Cc2ccccn2)Cc2cccc(c2)C1. The van der Waals surface area contributed by atoms with Gasteiger partial charge in [-0.1, -0.05) is 48.5 Å². The summed E-state index contributed by atoms with van der Waals surface area (Å²) in [6.45, 7) is 5.15. The summed E-state index contributed by atoms with van der Waals surface area (Å²) in [7, 11) is 2.19. The molecule has 0 N–H and O–H groups in total. The van der Waals surface area contributed by atoms with E-state index in [9.17, 15) is 4.39 Å². The van der Waals surface area contributed by atoms with Gasteiger partial charge in [0, 0.05) is 62.1 Å². The van der Waals surface area contributed by atoms with Gasteiger partial charge in [0.2, 0.25) is 0 Å². The standard InChI is InChI=1S/C33H33FN4/c1-36-15-13-25-6-5-9-28(19-25)33-21-29-20-30(34)11-12-32(29)38(33)17-16-37(24-31-10-2-3-14-35-31)23-27-8-4-7-26(18-27)22-36/h2-12,14,18-21H,13,15-17,22-24H2,1H3. The van der Waals surface area contributed by atoms with Crippen LogP contribution in [0.1, 0.15) is 22.4 Å². The topological polar surface area (TPSA) is 24.3 Å². The molecule has 0 spiro atoms. The molecule has 2 aromatic heterocycles. The molecule has 192 valence electrons. The fourth-order valence-corrected chi connectivity index (χ4v) is 5.58. The van der Waals surface area contributed by atoms with Crippen LogP contribution in [-0.4, -0.2) is 39.5 Å². The number of nitrogens with zero attached hydrogens (tertiary/aromatic N) is 4. The number of hydrogen-bond acceptors (Lipinski definition) is 3. The highest BCUT2D eigenvalue weighted by Crippen LogP contribution is 2.30. The monoisotopic (exact) mass is 504 g/mol. The van der Waals surface area contributed by atoms with Crippen molar-refractivity contribution in [1.29, 1.82) is 0 Å². The highest BCUT2D eigenvalue weighted by atomic mass is 19.1. The van der Waals surface area contributed by atoms with Crippen LogP contribution in [-0.2, 0) is 32.6 Å². The van der Waals surface area contributed by atoms with Gasteiger partial charge >= 0.3 is 0 Å². The zero-order valence-electron chi connectivity index (χ0n) is 21.9. The number of likely N-dealkylation sites (N-methyl/N-ethyl adjacent to an activating group) is 1.